The second-order valence-corrected chi connectivity index (χ2v) is 2.50. The van der Waals surface area contributed by atoms with Gasteiger partial charge in [0.2, 0.25) is 0 Å². The van der Waals surface area contributed by atoms with E-state index in [9.17, 15) is 14.0 Å². The van der Waals surface area contributed by atoms with Gasteiger partial charge in [0.1, 0.15) is 11.6 Å². The zero-order valence-electron chi connectivity index (χ0n) is 7.28. The van der Waals surface area contributed by atoms with Gasteiger partial charge in [-0.05, 0) is 12.1 Å². The Hall–Kier alpha value is -1.91. The molecule has 14 heavy (non-hydrogen) atoms. The number of rotatable bonds is 2. The highest BCUT2D eigenvalue weighted by atomic mass is 19.1. The number of phenolic OH excluding ortho intramolecular Hbond substituents is 1. The second-order valence-electron chi connectivity index (χ2n) is 2.50. The molecule has 5 heteroatoms. The molecule has 0 aromatic heterocycles. The Morgan fingerprint density at radius 3 is 2.71 bits per heavy atom. The Balaban J connectivity index is 3.28. The SMILES string of the molecule is COC(=O)c1cc(O)c(C=O)cc1F. The average molecular weight is 198 g/mol. The van der Waals surface area contributed by atoms with Gasteiger partial charge in [-0.15, -0.1) is 0 Å². The highest BCUT2D eigenvalue weighted by Gasteiger charge is 2.15. The van der Waals surface area contributed by atoms with Crippen molar-refractivity contribution in [2.75, 3.05) is 7.11 Å². The summed E-state index contributed by atoms with van der Waals surface area (Å²) in [5.41, 5.74) is -0.620. The van der Waals surface area contributed by atoms with E-state index in [0.717, 1.165) is 19.2 Å². The van der Waals surface area contributed by atoms with E-state index in [1.807, 2.05) is 0 Å². The number of esters is 1. The predicted octanol–water partition coefficient (Wildman–Crippen LogP) is 1.13. The summed E-state index contributed by atoms with van der Waals surface area (Å²) >= 11 is 0. The van der Waals surface area contributed by atoms with E-state index in [4.69, 9.17) is 5.11 Å². The number of methoxy groups -OCH3 is 1. The van der Waals surface area contributed by atoms with Gasteiger partial charge in [-0.2, -0.15) is 0 Å². The molecule has 0 bridgehead atoms. The van der Waals surface area contributed by atoms with Gasteiger partial charge in [0.25, 0.3) is 0 Å². The van der Waals surface area contributed by atoms with E-state index >= 15 is 0 Å². The number of benzene rings is 1. The first kappa shape index (κ1) is 10.2. The van der Waals surface area contributed by atoms with Crippen molar-refractivity contribution < 1.29 is 23.8 Å². The van der Waals surface area contributed by atoms with E-state index in [1.165, 1.54) is 0 Å². The van der Waals surface area contributed by atoms with Crippen LogP contribution in [0.1, 0.15) is 20.7 Å². The van der Waals surface area contributed by atoms with Crippen LogP contribution in [0.2, 0.25) is 0 Å². The van der Waals surface area contributed by atoms with Crippen molar-refractivity contribution in [3.63, 3.8) is 0 Å². The van der Waals surface area contributed by atoms with E-state index in [-0.39, 0.29) is 5.56 Å². The Morgan fingerprint density at radius 1 is 1.57 bits per heavy atom. The molecule has 0 aliphatic heterocycles. The molecule has 4 nitrogen and oxygen atoms in total. The molecule has 0 aliphatic rings. The Morgan fingerprint density at radius 2 is 2.21 bits per heavy atom. The molecule has 74 valence electrons. The lowest BCUT2D eigenvalue weighted by atomic mass is 10.1. The van der Waals surface area contributed by atoms with Gasteiger partial charge in [0.15, 0.2) is 6.29 Å². The fourth-order valence-corrected chi connectivity index (χ4v) is 0.938. The summed E-state index contributed by atoms with van der Waals surface area (Å²) in [6, 6.07) is 1.62. The lowest BCUT2D eigenvalue weighted by molar-refractivity contribution is 0.0594. The summed E-state index contributed by atoms with van der Waals surface area (Å²) in [5.74, 6) is -2.27. The van der Waals surface area contributed by atoms with Crippen molar-refractivity contribution in [1.29, 1.82) is 0 Å². The maximum absolute atomic E-state index is 13.1. The van der Waals surface area contributed by atoms with E-state index in [1.54, 1.807) is 0 Å². The minimum absolute atomic E-state index is 0.213. The van der Waals surface area contributed by atoms with Crippen LogP contribution < -0.4 is 0 Å². The van der Waals surface area contributed by atoms with Gasteiger partial charge < -0.3 is 9.84 Å². The average Bonchev–Trinajstić information content (AvgIpc) is 2.19. The number of hydrogen-bond acceptors (Lipinski definition) is 4. The maximum Gasteiger partial charge on any atom is 0.340 e. The van der Waals surface area contributed by atoms with Gasteiger partial charge in [-0.25, -0.2) is 9.18 Å². The smallest absolute Gasteiger partial charge is 0.340 e. The maximum atomic E-state index is 13.1. The molecule has 0 atom stereocenters. The van der Waals surface area contributed by atoms with E-state index < -0.39 is 23.1 Å². The molecule has 0 saturated heterocycles. The highest BCUT2D eigenvalue weighted by Crippen LogP contribution is 2.20. The van der Waals surface area contributed by atoms with Gasteiger partial charge >= 0.3 is 5.97 Å². The van der Waals surface area contributed by atoms with Gasteiger partial charge in [0.05, 0.1) is 18.2 Å². The molecular weight excluding hydrogens is 191 g/mol. The highest BCUT2D eigenvalue weighted by molar-refractivity contribution is 5.92. The monoisotopic (exact) mass is 198 g/mol. The molecule has 0 amide bonds. The van der Waals surface area contributed by atoms with E-state index in [0.29, 0.717) is 6.29 Å². The summed E-state index contributed by atoms with van der Waals surface area (Å²) in [7, 11) is 1.09. The van der Waals surface area contributed by atoms with E-state index in [2.05, 4.69) is 4.74 Å². The molecule has 1 aromatic rings. The van der Waals surface area contributed by atoms with Crippen LogP contribution in [0.15, 0.2) is 12.1 Å². The van der Waals surface area contributed by atoms with Crippen LogP contribution in [0, 0.1) is 5.82 Å². The molecule has 0 saturated carbocycles. The lowest BCUT2D eigenvalue weighted by Crippen LogP contribution is -2.05. The summed E-state index contributed by atoms with van der Waals surface area (Å²) < 4.78 is 17.4. The van der Waals surface area contributed by atoms with Gasteiger partial charge in [-0.3, -0.25) is 4.79 Å². The molecule has 0 radical (unpaired) electrons. The summed E-state index contributed by atoms with van der Waals surface area (Å²) in [6.07, 6.45) is 0.291. The standard InChI is InChI=1S/C9H7FO4/c1-14-9(13)6-3-8(12)5(4-11)2-7(6)10/h2-4,12H,1H3. The third-order valence-corrected chi connectivity index (χ3v) is 1.65. The normalized spacial score (nSPS) is 9.57. The Bertz CT molecular complexity index is 387. The molecular formula is C9H7FO4. The van der Waals surface area contributed by atoms with Crippen molar-refractivity contribution in [3.05, 3.63) is 29.1 Å². The van der Waals surface area contributed by atoms with Crippen LogP contribution in [0.5, 0.6) is 5.75 Å². The zero-order chi connectivity index (χ0) is 10.7. The topological polar surface area (TPSA) is 63.6 Å². The third kappa shape index (κ3) is 1.71. The number of hydrogen-bond donors (Lipinski definition) is 1. The van der Waals surface area contributed by atoms with Crippen LogP contribution in [-0.4, -0.2) is 24.5 Å². The third-order valence-electron chi connectivity index (χ3n) is 1.65. The number of ether oxygens (including phenoxy) is 1. The van der Waals surface area contributed by atoms with Crippen LogP contribution in [0.25, 0.3) is 0 Å². The van der Waals surface area contributed by atoms with Gasteiger partial charge in [-0.1, -0.05) is 0 Å². The van der Waals surface area contributed by atoms with Crippen LogP contribution in [0.3, 0.4) is 0 Å². The van der Waals surface area contributed by atoms with Gasteiger partial charge in [0, 0.05) is 0 Å². The second kappa shape index (κ2) is 3.87. The lowest BCUT2D eigenvalue weighted by Gasteiger charge is -2.03. The summed E-state index contributed by atoms with van der Waals surface area (Å²) in [5, 5.41) is 9.15. The number of phenols is 1. The van der Waals surface area contributed by atoms with Crippen LogP contribution in [-0.2, 0) is 4.74 Å². The number of carbonyl (C=O) groups is 2. The van der Waals surface area contributed by atoms with Crippen molar-refractivity contribution in [1.82, 2.24) is 0 Å². The van der Waals surface area contributed by atoms with Crippen molar-refractivity contribution in [2.24, 2.45) is 0 Å². The first-order valence-corrected chi connectivity index (χ1v) is 3.66. The Kier molecular flexibility index (Phi) is 2.81. The molecule has 0 fully saturated rings. The zero-order valence-corrected chi connectivity index (χ0v) is 7.28. The molecule has 0 unspecified atom stereocenters. The van der Waals surface area contributed by atoms with Crippen LogP contribution in [0.4, 0.5) is 4.39 Å². The number of aldehydes is 1. The summed E-state index contributed by atoms with van der Waals surface area (Å²) in [6.45, 7) is 0. The predicted molar refractivity (Wildman–Crippen MR) is 44.8 cm³/mol. The number of carbonyl (C=O) groups excluding carboxylic acids is 2. The summed E-state index contributed by atoms with van der Waals surface area (Å²) in [4.78, 5) is 21.2. The molecule has 1 aromatic carbocycles. The fourth-order valence-electron chi connectivity index (χ4n) is 0.938. The molecule has 0 spiro atoms. The largest absolute Gasteiger partial charge is 0.507 e. The minimum Gasteiger partial charge on any atom is -0.507 e. The van der Waals surface area contributed by atoms with Crippen LogP contribution >= 0.6 is 0 Å². The fraction of sp³-hybridized carbons (Fsp3) is 0.111. The first-order valence-electron chi connectivity index (χ1n) is 3.66. The molecule has 1 N–H and O–H groups in total. The molecule has 0 heterocycles. The molecule has 0 aliphatic carbocycles. The quantitative estimate of drug-likeness (QED) is 0.571. The first-order chi connectivity index (χ1) is 6.60. The number of halogens is 1. The number of aromatic hydroxyl groups is 1. The van der Waals surface area contributed by atoms with Crippen molar-refractivity contribution in [3.8, 4) is 5.75 Å². The Labute approximate surface area is 78.9 Å². The minimum atomic E-state index is -0.907. The molecule has 1 rings (SSSR count). The van der Waals surface area contributed by atoms with Crippen molar-refractivity contribution >= 4 is 12.3 Å². The van der Waals surface area contributed by atoms with Crippen molar-refractivity contribution in [2.45, 2.75) is 0 Å².